The second-order valence-corrected chi connectivity index (χ2v) is 4.20. The molecule has 0 amide bonds. The molecule has 0 spiro atoms. The zero-order valence-corrected chi connectivity index (χ0v) is 6.87. The van der Waals surface area contributed by atoms with Crippen LogP contribution in [0.2, 0.25) is 0 Å². The van der Waals surface area contributed by atoms with Gasteiger partial charge in [-0.15, -0.1) is 0 Å². The van der Waals surface area contributed by atoms with Gasteiger partial charge >= 0.3 is 5.97 Å². The van der Waals surface area contributed by atoms with Crippen LogP contribution in [0.25, 0.3) is 0 Å². The predicted octanol–water partition coefficient (Wildman–Crippen LogP) is 2.44. The third-order valence-electron chi connectivity index (χ3n) is 1.07. The van der Waals surface area contributed by atoms with Crippen molar-refractivity contribution >= 4 is 26.3 Å². The van der Waals surface area contributed by atoms with E-state index in [0.29, 0.717) is 4.88 Å². The minimum Gasteiger partial charge on any atom is -0.474 e. The summed E-state index contributed by atoms with van der Waals surface area (Å²) in [6.07, 6.45) is 0. The van der Waals surface area contributed by atoms with Gasteiger partial charge in [-0.25, -0.2) is 4.79 Å². The van der Waals surface area contributed by atoms with Gasteiger partial charge in [-0.3, -0.25) is 0 Å². The smallest absolute Gasteiger partial charge is 0.390 e. The van der Waals surface area contributed by atoms with Crippen molar-refractivity contribution in [3.05, 3.63) is 21.9 Å². The summed E-state index contributed by atoms with van der Waals surface area (Å²) >= 11 is 0. The lowest BCUT2D eigenvalue weighted by Crippen LogP contribution is -1.90. The van der Waals surface area contributed by atoms with Crippen LogP contribution < -0.4 is 0 Å². The summed E-state index contributed by atoms with van der Waals surface area (Å²) in [5.74, 6) is -0.925. The average molecular weight is 178 g/mol. The molecule has 2 nitrogen and oxygen atoms in total. The summed E-state index contributed by atoms with van der Waals surface area (Å²) in [7, 11) is 4.97. The number of carboxylic acids is 1. The van der Waals surface area contributed by atoms with Crippen molar-refractivity contribution < 1.29 is 9.90 Å². The summed E-state index contributed by atoms with van der Waals surface area (Å²) in [6.45, 7) is 1.83. The van der Waals surface area contributed by atoms with Gasteiger partial charge in [-0.2, -0.15) is 0 Å². The Morgan fingerprint density at radius 1 is 1.80 bits per heavy atom. The summed E-state index contributed by atoms with van der Waals surface area (Å²) in [5.41, 5.74) is 0.927. The van der Waals surface area contributed by atoms with Crippen molar-refractivity contribution in [1.82, 2.24) is 0 Å². The number of halogens is 1. The van der Waals surface area contributed by atoms with E-state index in [1.807, 2.05) is 6.92 Å². The van der Waals surface area contributed by atoms with Gasteiger partial charge in [0.2, 0.25) is 10.7 Å². The quantitative estimate of drug-likeness (QED) is 0.669. The second kappa shape index (κ2) is 2.60. The van der Waals surface area contributed by atoms with Crippen molar-refractivity contribution in [3.8, 4) is 0 Å². The van der Waals surface area contributed by atoms with E-state index in [9.17, 15) is 4.79 Å². The van der Waals surface area contributed by atoms with Gasteiger partial charge in [0, 0.05) is 11.6 Å². The van der Waals surface area contributed by atoms with Crippen LogP contribution in [0.4, 0.5) is 0 Å². The first-order chi connectivity index (χ1) is 4.61. The number of hydrogen-bond donors (Lipinski definition) is 1. The highest BCUT2D eigenvalue weighted by molar-refractivity contribution is 7.62. The van der Waals surface area contributed by atoms with E-state index in [0.717, 1.165) is 5.56 Å². The molecule has 0 radical (unpaired) electrons. The first kappa shape index (κ1) is 7.57. The Labute approximate surface area is 65.5 Å². The molecule has 1 unspecified atom stereocenters. The highest BCUT2D eigenvalue weighted by Gasteiger charge is 2.20. The number of carboxylic acid groups (broad SMARTS) is 1. The fourth-order valence-corrected chi connectivity index (χ4v) is 2.41. The third-order valence-corrected chi connectivity index (χ3v) is 3.13. The Hall–Kier alpha value is -0.540. The van der Waals surface area contributed by atoms with Crippen LogP contribution in [0.1, 0.15) is 15.2 Å². The van der Waals surface area contributed by atoms with Crippen LogP contribution in [0, 0.1) is 6.92 Å². The lowest BCUT2D eigenvalue weighted by atomic mass is 10.3. The molecule has 0 bridgehead atoms. The molecule has 0 fully saturated rings. The van der Waals surface area contributed by atoms with Crippen molar-refractivity contribution in [3.63, 3.8) is 0 Å². The van der Waals surface area contributed by atoms with Gasteiger partial charge in [-0.05, 0) is 6.92 Å². The molecule has 0 aromatic carbocycles. The topological polar surface area (TPSA) is 37.3 Å². The number of hydrogen-bond acceptors (Lipinski definition) is 1. The van der Waals surface area contributed by atoms with Gasteiger partial charge < -0.3 is 5.11 Å². The fourth-order valence-electron chi connectivity index (χ4n) is 0.669. The summed E-state index contributed by atoms with van der Waals surface area (Å²) < 4.78 is 0. The van der Waals surface area contributed by atoms with Crippen LogP contribution in [0.3, 0.4) is 0 Å². The van der Waals surface area contributed by atoms with Gasteiger partial charge in [0.25, 0.3) is 4.88 Å². The van der Waals surface area contributed by atoms with Crippen molar-refractivity contribution in [2.45, 2.75) is 6.92 Å². The number of rotatable bonds is 1. The molecule has 1 rings (SSSR count). The van der Waals surface area contributed by atoms with Gasteiger partial charge in [0.15, 0.2) is 5.38 Å². The average Bonchev–Trinajstić information content (AvgIpc) is 2.10. The number of carbonyl (C=O) groups is 1. The van der Waals surface area contributed by atoms with Crippen LogP contribution in [0.5, 0.6) is 0 Å². The lowest BCUT2D eigenvalue weighted by molar-refractivity contribution is 0.0702. The summed E-state index contributed by atoms with van der Waals surface area (Å²) in [5, 5.41) is 10.3. The Balaban J connectivity index is 3.15. The molecule has 54 valence electrons. The molecule has 0 saturated heterocycles. The maximum atomic E-state index is 10.4. The van der Waals surface area contributed by atoms with Gasteiger partial charge in [0.1, 0.15) is 9.68 Å². The molecule has 1 aromatic rings. The van der Waals surface area contributed by atoms with Crippen LogP contribution >= 0.6 is 20.4 Å². The highest BCUT2D eigenvalue weighted by Crippen LogP contribution is 2.30. The third kappa shape index (κ3) is 1.30. The summed E-state index contributed by atoms with van der Waals surface area (Å²) in [4.78, 5) is 10.7. The van der Waals surface area contributed by atoms with E-state index < -0.39 is 15.7 Å². The first-order valence-electron chi connectivity index (χ1n) is 2.64. The van der Waals surface area contributed by atoms with Crippen LogP contribution in [-0.4, -0.2) is 11.1 Å². The Morgan fingerprint density at radius 2 is 2.40 bits per heavy atom. The Bertz CT molecular complexity index is 267. The van der Waals surface area contributed by atoms with E-state index >= 15 is 0 Å². The van der Waals surface area contributed by atoms with Gasteiger partial charge in [0.05, 0.1) is 0 Å². The SMILES string of the molecule is Cc1cc(C(=O)O)[s+](Cl)c1. The molecule has 0 aliphatic carbocycles. The highest BCUT2D eigenvalue weighted by atomic mass is 35.7. The van der Waals surface area contributed by atoms with E-state index in [1.165, 1.54) is 0 Å². The molecule has 4 heteroatoms. The van der Waals surface area contributed by atoms with E-state index in [-0.39, 0.29) is 0 Å². The molecule has 1 aromatic heterocycles. The minimum atomic E-state index is -0.925. The van der Waals surface area contributed by atoms with Crippen molar-refractivity contribution in [2.75, 3.05) is 0 Å². The molecule has 1 N–H and O–H groups in total. The van der Waals surface area contributed by atoms with E-state index in [4.69, 9.17) is 15.8 Å². The van der Waals surface area contributed by atoms with Crippen LogP contribution in [0.15, 0.2) is 11.4 Å². The standard InChI is InChI=1S/C6H5ClO2S/c1-4-2-5(6(8)9)10(7)3-4/h2-3H,1H3/p+1. The van der Waals surface area contributed by atoms with E-state index in [1.54, 1.807) is 11.4 Å². The predicted molar refractivity (Wildman–Crippen MR) is 41.9 cm³/mol. The molecule has 1 heterocycles. The normalized spacial score (nSPS) is 11.6. The zero-order chi connectivity index (χ0) is 7.72. The monoisotopic (exact) mass is 177 g/mol. The molecule has 0 aliphatic heterocycles. The maximum absolute atomic E-state index is 10.4. The first-order valence-corrected chi connectivity index (χ1v) is 4.75. The Kier molecular flexibility index (Phi) is 1.97. The molecule has 10 heavy (non-hydrogen) atoms. The number of aryl methyl sites for hydroxylation is 1. The Morgan fingerprint density at radius 3 is 2.60 bits per heavy atom. The molecule has 1 atom stereocenters. The zero-order valence-electron chi connectivity index (χ0n) is 5.30. The van der Waals surface area contributed by atoms with Crippen molar-refractivity contribution in [1.29, 1.82) is 0 Å². The van der Waals surface area contributed by atoms with Crippen LogP contribution in [-0.2, 0) is 0 Å². The second-order valence-electron chi connectivity index (χ2n) is 1.96. The minimum absolute atomic E-state index is 0.291. The molecule has 0 saturated carbocycles. The van der Waals surface area contributed by atoms with Gasteiger partial charge in [-0.1, -0.05) is 0 Å². The van der Waals surface area contributed by atoms with Crippen molar-refractivity contribution in [2.24, 2.45) is 0 Å². The summed E-state index contributed by atoms with van der Waals surface area (Å²) in [6, 6.07) is 1.60. The maximum Gasteiger partial charge on any atom is 0.390 e. The molecular weight excluding hydrogens is 172 g/mol. The van der Waals surface area contributed by atoms with E-state index in [2.05, 4.69) is 0 Å². The molecule has 0 aliphatic rings. The lowest BCUT2D eigenvalue weighted by Gasteiger charge is -1.75. The molecular formula is C6H6ClO2S+. The largest absolute Gasteiger partial charge is 0.474 e. The fraction of sp³-hybridized carbons (Fsp3) is 0.167. The number of aromatic carboxylic acids is 1. The number of thiophene rings is 1.